The van der Waals surface area contributed by atoms with Gasteiger partial charge in [-0.05, 0) is 61.1 Å². The molecule has 0 radical (unpaired) electrons. The molecule has 3 rings (SSSR count). The Balaban J connectivity index is 1.74. The van der Waals surface area contributed by atoms with E-state index in [-0.39, 0.29) is 6.54 Å². The SMILES string of the molecule is CO[C@@H](CNS(=O)(=O)c1ccc2c(c1)CCCC2)c1ccco1. The fourth-order valence-electron chi connectivity index (χ4n) is 2.92. The van der Waals surface area contributed by atoms with Gasteiger partial charge in [0.1, 0.15) is 11.9 Å². The lowest BCUT2D eigenvalue weighted by molar-refractivity contribution is 0.0878. The summed E-state index contributed by atoms with van der Waals surface area (Å²) in [4.78, 5) is 0.312. The van der Waals surface area contributed by atoms with Crippen LogP contribution in [0.1, 0.15) is 35.8 Å². The lowest BCUT2D eigenvalue weighted by Crippen LogP contribution is -2.29. The van der Waals surface area contributed by atoms with Gasteiger partial charge in [-0.1, -0.05) is 6.07 Å². The largest absolute Gasteiger partial charge is 0.467 e. The molecule has 5 nitrogen and oxygen atoms in total. The number of rotatable bonds is 6. The molecular formula is C17H21NO4S. The number of ether oxygens (including phenoxy) is 1. The van der Waals surface area contributed by atoms with Crippen LogP contribution in [0, 0.1) is 0 Å². The summed E-state index contributed by atoms with van der Waals surface area (Å²) in [6.45, 7) is 0.128. The van der Waals surface area contributed by atoms with Crippen molar-refractivity contribution in [2.24, 2.45) is 0 Å². The molecule has 1 heterocycles. The van der Waals surface area contributed by atoms with Gasteiger partial charge >= 0.3 is 0 Å². The molecule has 0 fully saturated rings. The Morgan fingerprint density at radius 2 is 2.00 bits per heavy atom. The summed E-state index contributed by atoms with van der Waals surface area (Å²) in [5.41, 5.74) is 2.41. The molecule has 0 bridgehead atoms. The third kappa shape index (κ3) is 3.65. The molecule has 1 N–H and O–H groups in total. The van der Waals surface area contributed by atoms with Gasteiger partial charge in [-0.2, -0.15) is 0 Å². The Morgan fingerprint density at radius 1 is 1.22 bits per heavy atom. The van der Waals surface area contributed by atoms with Gasteiger partial charge in [-0.25, -0.2) is 13.1 Å². The van der Waals surface area contributed by atoms with Crippen LogP contribution in [0.2, 0.25) is 0 Å². The summed E-state index contributed by atoms with van der Waals surface area (Å²) < 4.78 is 38.2. The molecule has 0 saturated heterocycles. The van der Waals surface area contributed by atoms with Crippen LogP contribution in [0.4, 0.5) is 0 Å². The number of furan rings is 1. The molecule has 1 aliphatic carbocycles. The molecule has 23 heavy (non-hydrogen) atoms. The monoisotopic (exact) mass is 335 g/mol. The molecule has 1 aromatic carbocycles. The highest BCUT2D eigenvalue weighted by Crippen LogP contribution is 2.24. The Kier molecular flexibility index (Phi) is 4.84. The second-order valence-corrected chi connectivity index (χ2v) is 7.50. The van der Waals surface area contributed by atoms with Crippen LogP contribution in [-0.2, 0) is 27.6 Å². The average Bonchev–Trinajstić information content (AvgIpc) is 3.09. The summed E-state index contributed by atoms with van der Waals surface area (Å²) in [5, 5.41) is 0. The average molecular weight is 335 g/mol. The maximum atomic E-state index is 12.5. The van der Waals surface area contributed by atoms with Crippen LogP contribution in [0.15, 0.2) is 45.9 Å². The molecule has 1 aromatic heterocycles. The fourth-order valence-corrected chi connectivity index (χ4v) is 4.00. The van der Waals surface area contributed by atoms with Gasteiger partial charge in [0.25, 0.3) is 0 Å². The molecule has 2 aromatic rings. The maximum Gasteiger partial charge on any atom is 0.240 e. The molecule has 0 unspecified atom stereocenters. The van der Waals surface area contributed by atoms with Gasteiger partial charge in [0.15, 0.2) is 0 Å². The minimum atomic E-state index is -3.56. The van der Waals surface area contributed by atoms with Crippen molar-refractivity contribution in [1.82, 2.24) is 4.72 Å². The maximum absolute atomic E-state index is 12.5. The minimum Gasteiger partial charge on any atom is -0.467 e. The first-order valence-corrected chi connectivity index (χ1v) is 9.26. The first-order chi connectivity index (χ1) is 11.1. The van der Waals surface area contributed by atoms with Crippen molar-refractivity contribution < 1.29 is 17.6 Å². The Morgan fingerprint density at radius 3 is 2.70 bits per heavy atom. The van der Waals surface area contributed by atoms with Crippen LogP contribution in [-0.4, -0.2) is 22.1 Å². The number of hydrogen-bond acceptors (Lipinski definition) is 4. The Bertz CT molecular complexity index is 753. The smallest absolute Gasteiger partial charge is 0.240 e. The van der Waals surface area contributed by atoms with Crippen LogP contribution in [0.25, 0.3) is 0 Å². The van der Waals surface area contributed by atoms with Crippen LogP contribution in [0.3, 0.4) is 0 Å². The number of sulfonamides is 1. The number of benzene rings is 1. The Hall–Kier alpha value is -1.63. The van der Waals surface area contributed by atoms with E-state index < -0.39 is 16.1 Å². The number of hydrogen-bond donors (Lipinski definition) is 1. The summed E-state index contributed by atoms with van der Waals surface area (Å²) in [5.74, 6) is 0.598. The highest BCUT2D eigenvalue weighted by molar-refractivity contribution is 7.89. The van der Waals surface area contributed by atoms with Gasteiger partial charge < -0.3 is 9.15 Å². The van der Waals surface area contributed by atoms with Gasteiger partial charge in [0, 0.05) is 13.7 Å². The zero-order valence-corrected chi connectivity index (χ0v) is 13.9. The topological polar surface area (TPSA) is 68.5 Å². The van der Waals surface area contributed by atoms with E-state index in [2.05, 4.69) is 4.72 Å². The van der Waals surface area contributed by atoms with Crippen LogP contribution >= 0.6 is 0 Å². The molecule has 1 aliphatic rings. The van der Waals surface area contributed by atoms with E-state index in [0.29, 0.717) is 10.7 Å². The lowest BCUT2D eigenvalue weighted by Gasteiger charge is -2.18. The second-order valence-electron chi connectivity index (χ2n) is 5.73. The highest BCUT2D eigenvalue weighted by Gasteiger charge is 2.21. The molecule has 124 valence electrons. The van der Waals surface area contributed by atoms with E-state index in [1.807, 2.05) is 6.07 Å². The molecule has 6 heteroatoms. The Labute approximate surface area is 136 Å². The first kappa shape index (κ1) is 16.2. The molecule has 1 atom stereocenters. The van der Waals surface area contributed by atoms with E-state index in [4.69, 9.17) is 9.15 Å². The van der Waals surface area contributed by atoms with Crippen molar-refractivity contribution in [2.75, 3.05) is 13.7 Å². The lowest BCUT2D eigenvalue weighted by atomic mass is 9.92. The molecule has 0 amide bonds. The van der Waals surface area contributed by atoms with E-state index >= 15 is 0 Å². The van der Waals surface area contributed by atoms with Crippen molar-refractivity contribution in [3.8, 4) is 0 Å². The normalized spacial score (nSPS) is 16.0. The van der Waals surface area contributed by atoms with Crippen molar-refractivity contribution in [3.05, 3.63) is 53.5 Å². The van der Waals surface area contributed by atoms with Crippen molar-refractivity contribution in [2.45, 2.75) is 36.7 Å². The molecule has 0 spiro atoms. The zero-order valence-electron chi connectivity index (χ0n) is 13.1. The van der Waals surface area contributed by atoms with Gasteiger partial charge in [-0.15, -0.1) is 0 Å². The standard InChI is InChI=1S/C17H21NO4S/c1-21-17(16-7-4-10-22-16)12-18-23(19,20)15-9-8-13-5-2-3-6-14(13)11-15/h4,7-11,17-18H,2-3,5-6,12H2,1H3/t17-/m0/s1. The van der Waals surface area contributed by atoms with Crippen molar-refractivity contribution in [3.63, 3.8) is 0 Å². The van der Waals surface area contributed by atoms with E-state index in [1.54, 1.807) is 30.5 Å². The van der Waals surface area contributed by atoms with E-state index in [1.165, 1.54) is 19.1 Å². The highest BCUT2D eigenvalue weighted by atomic mass is 32.2. The molecule has 0 aliphatic heterocycles. The summed E-state index contributed by atoms with van der Waals surface area (Å²) in [6, 6.07) is 8.93. The van der Waals surface area contributed by atoms with Crippen LogP contribution in [0.5, 0.6) is 0 Å². The fraction of sp³-hybridized carbons (Fsp3) is 0.412. The van der Waals surface area contributed by atoms with E-state index in [0.717, 1.165) is 24.8 Å². The van der Waals surface area contributed by atoms with Crippen molar-refractivity contribution >= 4 is 10.0 Å². The van der Waals surface area contributed by atoms with Gasteiger partial charge in [0.05, 0.1) is 11.2 Å². The quantitative estimate of drug-likeness (QED) is 0.881. The zero-order chi connectivity index (χ0) is 16.3. The third-order valence-corrected chi connectivity index (χ3v) is 5.66. The van der Waals surface area contributed by atoms with E-state index in [9.17, 15) is 8.42 Å². The first-order valence-electron chi connectivity index (χ1n) is 7.78. The summed E-state index contributed by atoms with van der Waals surface area (Å²) in [6.07, 6.45) is 5.38. The third-order valence-electron chi connectivity index (χ3n) is 4.23. The number of methoxy groups -OCH3 is 1. The predicted octanol–water partition coefficient (Wildman–Crippen LogP) is 2.82. The molecular weight excluding hydrogens is 314 g/mol. The predicted molar refractivity (Wildman–Crippen MR) is 86.7 cm³/mol. The summed E-state index contributed by atoms with van der Waals surface area (Å²) >= 11 is 0. The summed E-state index contributed by atoms with van der Waals surface area (Å²) in [7, 11) is -2.03. The number of fused-ring (bicyclic) bond motifs is 1. The number of aryl methyl sites for hydroxylation is 2. The molecule has 0 saturated carbocycles. The van der Waals surface area contributed by atoms with Gasteiger partial charge in [0.2, 0.25) is 10.0 Å². The van der Waals surface area contributed by atoms with Gasteiger partial charge in [-0.3, -0.25) is 0 Å². The van der Waals surface area contributed by atoms with Crippen molar-refractivity contribution in [1.29, 1.82) is 0 Å². The number of nitrogens with one attached hydrogen (secondary N) is 1. The second kappa shape index (κ2) is 6.86. The van der Waals surface area contributed by atoms with Crippen LogP contribution < -0.4 is 4.72 Å². The minimum absolute atomic E-state index is 0.128.